The number of ether oxygens (including phenoxy) is 1. The van der Waals surface area contributed by atoms with E-state index in [-0.39, 0.29) is 0 Å². The normalized spacial score (nSPS) is 25.8. The summed E-state index contributed by atoms with van der Waals surface area (Å²) in [5, 5.41) is 3.70. The van der Waals surface area contributed by atoms with E-state index in [9.17, 15) is 0 Å². The molecule has 0 spiro atoms. The molecule has 1 aliphatic carbocycles. The molecule has 2 nitrogen and oxygen atoms in total. The van der Waals surface area contributed by atoms with Gasteiger partial charge < -0.3 is 10.1 Å². The summed E-state index contributed by atoms with van der Waals surface area (Å²) in [6.07, 6.45) is 8.24. The Morgan fingerprint density at radius 1 is 1.22 bits per heavy atom. The van der Waals surface area contributed by atoms with Gasteiger partial charge in [0.2, 0.25) is 0 Å². The standard InChI is InChI=1S/C16H33NO/c1-5-10-17-16-8-6-7-15(16)9-11-18-14(4)12-13(2)3/h13-17H,5-12H2,1-4H3. The monoisotopic (exact) mass is 255 g/mol. The molecule has 0 aromatic heterocycles. The molecule has 1 N–H and O–H groups in total. The minimum Gasteiger partial charge on any atom is -0.378 e. The lowest BCUT2D eigenvalue weighted by Gasteiger charge is -2.22. The van der Waals surface area contributed by atoms with Gasteiger partial charge in [-0.3, -0.25) is 0 Å². The molecule has 1 aliphatic rings. The lowest BCUT2D eigenvalue weighted by Crippen LogP contribution is -2.33. The number of rotatable bonds is 9. The van der Waals surface area contributed by atoms with Gasteiger partial charge in [-0.05, 0) is 57.4 Å². The van der Waals surface area contributed by atoms with Crippen molar-refractivity contribution in [3.63, 3.8) is 0 Å². The highest BCUT2D eigenvalue weighted by Gasteiger charge is 2.26. The van der Waals surface area contributed by atoms with E-state index in [1.165, 1.54) is 45.1 Å². The maximum atomic E-state index is 5.94. The average molecular weight is 255 g/mol. The zero-order chi connectivity index (χ0) is 13.4. The fraction of sp³-hybridized carbons (Fsp3) is 1.00. The van der Waals surface area contributed by atoms with E-state index in [0.717, 1.165) is 24.5 Å². The van der Waals surface area contributed by atoms with Crippen molar-refractivity contribution in [2.45, 2.75) is 78.4 Å². The Morgan fingerprint density at radius 2 is 2.00 bits per heavy atom. The quantitative estimate of drug-likeness (QED) is 0.672. The van der Waals surface area contributed by atoms with Gasteiger partial charge in [-0.25, -0.2) is 0 Å². The maximum absolute atomic E-state index is 5.94. The third-order valence-corrected chi connectivity index (χ3v) is 4.01. The molecule has 3 atom stereocenters. The van der Waals surface area contributed by atoms with Crippen LogP contribution >= 0.6 is 0 Å². The molecule has 1 rings (SSSR count). The second kappa shape index (κ2) is 8.92. The van der Waals surface area contributed by atoms with E-state index >= 15 is 0 Å². The Morgan fingerprint density at radius 3 is 2.67 bits per heavy atom. The zero-order valence-electron chi connectivity index (χ0n) is 12.9. The first-order valence-electron chi connectivity index (χ1n) is 7.98. The van der Waals surface area contributed by atoms with Crippen LogP contribution in [0.4, 0.5) is 0 Å². The summed E-state index contributed by atoms with van der Waals surface area (Å²) >= 11 is 0. The predicted molar refractivity (Wildman–Crippen MR) is 78.9 cm³/mol. The molecule has 18 heavy (non-hydrogen) atoms. The van der Waals surface area contributed by atoms with E-state index < -0.39 is 0 Å². The first-order chi connectivity index (χ1) is 8.63. The summed E-state index contributed by atoms with van der Waals surface area (Å²) in [6, 6.07) is 0.758. The molecule has 3 unspecified atom stereocenters. The molecular formula is C16H33NO. The first-order valence-corrected chi connectivity index (χ1v) is 7.98. The van der Waals surface area contributed by atoms with Crippen molar-refractivity contribution in [1.82, 2.24) is 5.32 Å². The van der Waals surface area contributed by atoms with Gasteiger partial charge >= 0.3 is 0 Å². The van der Waals surface area contributed by atoms with Crippen LogP contribution < -0.4 is 5.32 Å². The molecule has 0 aromatic rings. The summed E-state index contributed by atoms with van der Waals surface area (Å²) in [5.41, 5.74) is 0. The lowest BCUT2D eigenvalue weighted by atomic mass is 10.00. The molecule has 1 fully saturated rings. The summed E-state index contributed by atoms with van der Waals surface area (Å²) in [7, 11) is 0. The summed E-state index contributed by atoms with van der Waals surface area (Å²) < 4.78 is 5.94. The zero-order valence-corrected chi connectivity index (χ0v) is 12.9. The third-order valence-electron chi connectivity index (χ3n) is 4.01. The van der Waals surface area contributed by atoms with Crippen LogP contribution in [0.2, 0.25) is 0 Å². The summed E-state index contributed by atoms with van der Waals surface area (Å²) in [6.45, 7) is 11.1. The lowest BCUT2D eigenvalue weighted by molar-refractivity contribution is 0.0420. The molecule has 0 bridgehead atoms. The molecule has 1 saturated carbocycles. The van der Waals surface area contributed by atoms with E-state index in [1.54, 1.807) is 0 Å². The third kappa shape index (κ3) is 6.19. The number of nitrogens with one attached hydrogen (secondary N) is 1. The molecular weight excluding hydrogens is 222 g/mol. The van der Waals surface area contributed by atoms with Crippen LogP contribution in [0.3, 0.4) is 0 Å². The van der Waals surface area contributed by atoms with Crippen molar-refractivity contribution in [3.05, 3.63) is 0 Å². The second-order valence-electron chi connectivity index (χ2n) is 6.35. The van der Waals surface area contributed by atoms with Gasteiger partial charge in [0.15, 0.2) is 0 Å². The van der Waals surface area contributed by atoms with Gasteiger partial charge in [-0.1, -0.05) is 27.2 Å². The fourth-order valence-corrected chi connectivity index (χ4v) is 3.13. The smallest absolute Gasteiger partial charge is 0.0549 e. The van der Waals surface area contributed by atoms with Crippen molar-refractivity contribution >= 4 is 0 Å². The Hall–Kier alpha value is -0.0800. The van der Waals surface area contributed by atoms with E-state index in [1.807, 2.05) is 0 Å². The van der Waals surface area contributed by atoms with Gasteiger partial charge in [0.1, 0.15) is 0 Å². The molecule has 0 saturated heterocycles. The SMILES string of the molecule is CCCNC1CCCC1CCOC(C)CC(C)C. The minimum atomic E-state index is 0.424. The predicted octanol–water partition coefficient (Wildman–Crippen LogP) is 4.00. The highest BCUT2D eigenvalue weighted by Crippen LogP contribution is 2.28. The topological polar surface area (TPSA) is 21.3 Å². The number of hydrogen-bond acceptors (Lipinski definition) is 2. The second-order valence-corrected chi connectivity index (χ2v) is 6.35. The van der Waals surface area contributed by atoms with Crippen LogP contribution in [0.15, 0.2) is 0 Å². The number of hydrogen-bond donors (Lipinski definition) is 1. The molecule has 2 heteroatoms. The molecule has 0 amide bonds. The van der Waals surface area contributed by atoms with Crippen LogP contribution in [-0.4, -0.2) is 25.3 Å². The molecule has 0 aromatic carbocycles. The van der Waals surface area contributed by atoms with Gasteiger partial charge in [0, 0.05) is 12.6 Å². The molecule has 0 heterocycles. The van der Waals surface area contributed by atoms with E-state index in [0.29, 0.717) is 6.10 Å². The molecule has 108 valence electrons. The van der Waals surface area contributed by atoms with Crippen LogP contribution in [0, 0.1) is 11.8 Å². The van der Waals surface area contributed by atoms with Crippen molar-refractivity contribution in [3.8, 4) is 0 Å². The highest BCUT2D eigenvalue weighted by molar-refractivity contribution is 4.82. The maximum Gasteiger partial charge on any atom is 0.0549 e. The first kappa shape index (κ1) is 16.0. The van der Waals surface area contributed by atoms with Gasteiger partial charge in [0.05, 0.1) is 6.10 Å². The van der Waals surface area contributed by atoms with Crippen molar-refractivity contribution in [2.75, 3.05) is 13.2 Å². The summed E-state index contributed by atoms with van der Waals surface area (Å²) in [4.78, 5) is 0. The fourth-order valence-electron chi connectivity index (χ4n) is 3.13. The van der Waals surface area contributed by atoms with Crippen LogP contribution in [0.25, 0.3) is 0 Å². The Labute approximate surface area is 114 Å². The average Bonchev–Trinajstić information content (AvgIpc) is 2.73. The van der Waals surface area contributed by atoms with Crippen LogP contribution in [0.5, 0.6) is 0 Å². The van der Waals surface area contributed by atoms with Crippen molar-refractivity contribution < 1.29 is 4.74 Å². The highest BCUT2D eigenvalue weighted by atomic mass is 16.5. The van der Waals surface area contributed by atoms with Crippen LogP contribution in [-0.2, 0) is 4.74 Å². The Bertz CT molecular complexity index is 205. The summed E-state index contributed by atoms with van der Waals surface area (Å²) in [5.74, 6) is 1.59. The van der Waals surface area contributed by atoms with Gasteiger partial charge in [-0.2, -0.15) is 0 Å². The largest absolute Gasteiger partial charge is 0.378 e. The minimum absolute atomic E-state index is 0.424. The van der Waals surface area contributed by atoms with Gasteiger partial charge in [-0.15, -0.1) is 0 Å². The van der Waals surface area contributed by atoms with E-state index in [4.69, 9.17) is 4.74 Å². The molecule has 0 radical (unpaired) electrons. The Kier molecular flexibility index (Phi) is 7.92. The van der Waals surface area contributed by atoms with Crippen molar-refractivity contribution in [2.24, 2.45) is 11.8 Å². The van der Waals surface area contributed by atoms with E-state index in [2.05, 4.69) is 33.0 Å². The van der Waals surface area contributed by atoms with Crippen molar-refractivity contribution in [1.29, 1.82) is 0 Å². The Balaban J connectivity index is 2.13. The molecule has 0 aliphatic heterocycles. The van der Waals surface area contributed by atoms with Gasteiger partial charge in [0.25, 0.3) is 0 Å². The van der Waals surface area contributed by atoms with Crippen LogP contribution in [0.1, 0.15) is 66.2 Å².